The highest BCUT2D eigenvalue weighted by Gasteiger charge is 2.52. The molecule has 28 heavy (non-hydrogen) atoms. The SMILES string of the molecule is CC(=O)N1CC[C@H](Oc2ccc(S(=O)(=O)C3(C(=O)NO)CCOCC3)cc2)C1. The Hall–Kier alpha value is -2.17. The van der Waals surface area contributed by atoms with E-state index in [-0.39, 0.29) is 43.0 Å². The number of hydrogen-bond acceptors (Lipinski definition) is 7. The fourth-order valence-electron chi connectivity index (χ4n) is 3.65. The maximum atomic E-state index is 13.2. The largest absolute Gasteiger partial charge is 0.489 e. The molecule has 2 fully saturated rings. The van der Waals surface area contributed by atoms with Gasteiger partial charge < -0.3 is 14.4 Å². The zero-order chi connectivity index (χ0) is 20.4. The lowest BCUT2D eigenvalue weighted by Crippen LogP contribution is -2.54. The summed E-state index contributed by atoms with van der Waals surface area (Å²) in [4.78, 5) is 25.3. The fourth-order valence-corrected chi connectivity index (χ4v) is 5.59. The first-order valence-electron chi connectivity index (χ1n) is 9.09. The van der Waals surface area contributed by atoms with Gasteiger partial charge in [0.2, 0.25) is 5.91 Å². The molecule has 0 bridgehead atoms. The highest BCUT2D eigenvalue weighted by atomic mass is 32.2. The molecule has 0 aromatic heterocycles. The molecule has 2 aliphatic heterocycles. The molecule has 0 spiro atoms. The molecule has 2 amide bonds. The Kier molecular flexibility index (Phi) is 5.92. The van der Waals surface area contributed by atoms with Crippen LogP contribution in [0.4, 0.5) is 0 Å². The number of amides is 2. The lowest BCUT2D eigenvalue weighted by molar-refractivity contribution is -0.134. The first-order chi connectivity index (χ1) is 13.3. The van der Waals surface area contributed by atoms with Crippen molar-refractivity contribution in [2.45, 2.75) is 41.9 Å². The van der Waals surface area contributed by atoms with Gasteiger partial charge >= 0.3 is 0 Å². The van der Waals surface area contributed by atoms with Crippen molar-refractivity contribution in [3.05, 3.63) is 24.3 Å². The van der Waals surface area contributed by atoms with E-state index in [1.54, 1.807) is 4.90 Å². The van der Waals surface area contributed by atoms with Crippen LogP contribution in [0.5, 0.6) is 5.75 Å². The van der Waals surface area contributed by atoms with Crippen LogP contribution in [0.15, 0.2) is 29.2 Å². The lowest BCUT2D eigenvalue weighted by Gasteiger charge is -2.34. The van der Waals surface area contributed by atoms with E-state index in [1.807, 2.05) is 0 Å². The summed E-state index contributed by atoms with van der Waals surface area (Å²) in [5, 5.41) is 9.07. The summed E-state index contributed by atoms with van der Waals surface area (Å²) in [6.07, 6.45) is 0.485. The molecule has 9 nitrogen and oxygen atoms in total. The van der Waals surface area contributed by atoms with Crippen molar-refractivity contribution < 1.29 is 32.7 Å². The van der Waals surface area contributed by atoms with Gasteiger partial charge in [-0.3, -0.25) is 14.8 Å². The van der Waals surface area contributed by atoms with E-state index in [0.717, 1.165) is 0 Å². The number of carbonyl (C=O) groups is 2. The predicted molar refractivity (Wildman–Crippen MR) is 97.6 cm³/mol. The van der Waals surface area contributed by atoms with Gasteiger partial charge in [-0.05, 0) is 37.1 Å². The van der Waals surface area contributed by atoms with Gasteiger partial charge in [-0.25, -0.2) is 13.9 Å². The molecule has 1 aromatic rings. The number of hydroxylamine groups is 1. The van der Waals surface area contributed by atoms with Crippen molar-refractivity contribution in [1.29, 1.82) is 0 Å². The van der Waals surface area contributed by atoms with Crippen molar-refractivity contribution in [2.24, 2.45) is 0 Å². The third kappa shape index (κ3) is 3.71. The van der Waals surface area contributed by atoms with Crippen LogP contribution in [-0.2, 0) is 24.2 Å². The number of benzene rings is 1. The maximum absolute atomic E-state index is 13.2. The minimum absolute atomic E-state index is 0.00328. The fraction of sp³-hybridized carbons (Fsp3) is 0.556. The first-order valence-corrected chi connectivity index (χ1v) is 10.6. The van der Waals surface area contributed by atoms with Crippen molar-refractivity contribution in [2.75, 3.05) is 26.3 Å². The van der Waals surface area contributed by atoms with Crippen LogP contribution in [-0.4, -0.2) is 67.5 Å². The summed E-state index contributed by atoms with van der Waals surface area (Å²) in [6, 6.07) is 5.86. The Morgan fingerprint density at radius 1 is 1.25 bits per heavy atom. The van der Waals surface area contributed by atoms with Gasteiger partial charge in [0.15, 0.2) is 14.6 Å². The van der Waals surface area contributed by atoms with E-state index < -0.39 is 20.5 Å². The second-order valence-electron chi connectivity index (χ2n) is 7.02. The van der Waals surface area contributed by atoms with E-state index in [9.17, 15) is 18.0 Å². The average molecular weight is 412 g/mol. The molecule has 1 aromatic carbocycles. The summed E-state index contributed by atoms with van der Waals surface area (Å²) < 4.78 is 35.6. The molecule has 1 atom stereocenters. The van der Waals surface area contributed by atoms with E-state index in [2.05, 4.69) is 0 Å². The van der Waals surface area contributed by atoms with Crippen LogP contribution in [0.25, 0.3) is 0 Å². The highest BCUT2D eigenvalue weighted by Crippen LogP contribution is 2.36. The van der Waals surface area contributed by atoms with Crippen LogP contribution in [0, 0.1) is 0 Å². The highest BCUT2D eigenvalue weighted by molar-refractivity contribution is 7.93. The summed E-state index contributed by atoms with van der Waals surface area (Å²) in [5.74, 6) is -0.468. The molecule has 154 valence electrons. The normalized spacial score (nSPS) is 21.9. The molecule has 0 aliphatic carbocycles. The minimum atomic E-state index is -4.06. The van der Waals surface area contributed by atoms with Crippen LogP contribution in [0.3, 0.4) is 0 Å². The Morgan fingerprint density at radius 3 is 2.43 bits per heavy atom. The number of nitrogens with zero attached hydrogens (tertiary/aromatic N) is 1. The van der Waals surface area contributed by atoms with E-state index in [1.165, 1.54) is 36.7 Å². The maximum Gasteiger partial charge on any atom is 0.265 e. The smallest absolute Gasteiger partial charge is 0.265 e. The van der Waals surface area contributed by atoms with Crippen molar-refractivity contribution >= 4 is 21.7 Å². The quantitative estimate of drug-likeness (QED) is 0.534. The lowest BCUT2D eigenvalue weighted by atomic mass is 9.98. The van der Waals surface area contributed by atoms with Crippen molar-refractivity contribution in [3.63, 3.8) is 0 Å². The number of carbonyl (C=O) groups excluding carboxylic acids is 2. The second kappa shape index (κ2) is 8.06. The molecular weight excluding hydrogens is 388 g/mol. The Labute approximate surface area is 163 Å². The molecule has 0 radical (unpaired) electrons. The topological polar surface area (TPSA) is 122 Å². The minimum Gasteiger partial charge on any atom is -0.489 e. The monoisotopic (exact) mass is 412 g/mol. The van der Waals surface area contributed by atoms with Crippen LogP contribution < -0.4 is 10.2 Å². The van der Waals surface area contributed by atoms with Gasteiger partial charge in [0.05, 0.1) is 11.4 Å². The van der Waals surface area contributed by atoms with Gasteiger partial charge in [-0.15, -0.1) is 0 Å². The summed E-state index contributed by atoms with van der Waals surface area (Å²) in [6.45, 7) is 2.86. The van der Waals surface area contributed by atoms with E-state index in [0.29, 0.717) is 25.3 Å². The molecule has 2 saturated heterocycles. The number of rotatable bonds is 5. The first kappa shape index (κ1) is 20.6. The number of sulfone groups is 1. The van der Waals surface area contributed by atoms with Gasteiger partial charge in [-0.2, -0.15) is 0 Å². The molecule has 2 aliphatic rings. The summed E-state index contributed by atoms with van der Waals surface area (Å²) >= 11 is 0. The Balaban J connectivity index is 1.78. The van der Waals surface area contributed by atoms with E-state index >= 15 is 0 Å². The Bertz CT molecular complexity index is 832. The van der Waals surface area contributed by atoms with Gasteiger partial charge in [-0.1, -0.05) is 0 Å². The van der Waals surface area contributed by atoms with Crippen molar-refractivity contribution in [3.8, 4) is 5.75 Å². The summed E-state index contributed by atoms with van der Waals surface area (Å²) in [5.41, 5.74) is 1.49. The molecular formula is C18H24N2O7S. The molecule has 2 heterocycles. The number of ether oxygens (including phenoxy) is 2. The van der Waals surface area contributed by atoms with E-state index in [4.69, 9.17) is 14.7 Å². The standard InChI is InChI=1S/C18H24N2O7S/c1-13(21)20-9-6-15(12-20)27-14-2-4-16(5-3-14)28(24,25)18(17(22)19-23)7-10-26-11-8-18/h2-5,15,23H,6-12H2,1H3,(H,19,22)/t15-/m0/s1. The Morgan fingerprint density at radius 2 is 1.89 bits per heavy atom. The van der Waals surface area contributed by atoms with Gasteiger partial charge in [0, 0.05) is 33.1 Å². The third-order valence-electron chi connectivity index (χ3n) is 5.36. The molecule has 2 N–H and O–H groups in total. The molecule has 3 rings (SSSR count). The molecule has 0 unspecified atom stereocenters. The predicted octanol–water partition coefficient (Wildman–Crippen LogP) is 0.515. The van der Waals surface area contributed by atoms with Crippen molar-refractivity contribution in [1.82, 2.24) is 10.4 Å². The number of nitrogens with one attached hydrogen (secondary N) is 1. The van der Waals surface area contributed by atoms with Gasteiger partial charge in [0.1, 0.15) is 11.9 Å². The summed E-state index contributed by atoms with van der Waals surface area (Å²) in [7, 11) is -4.06. The average Bonchev–Trinajstić information content (AvgIpc) is 3.17. The molecule has 0 saturated carbocycles. The molecule has 10 heteroatoms. The van der Waals surface area contributed by atoms with Crippen LogP contribution in [0.1, 0.15) is 26.2 Å². The third-order valence-corrected chi connectivity index (χ3v) is 7.87. The zero-order valence-corrected chi connectivity index (χ0v) is 16.4. The zero-order valence-electron chi connectivity index (χ0n) is 15.6. The van der Waals surface area contributed by atoms with Crippen LogP contribution in [0.2, 0.25) is 0 Å². The van der Waals surface area contributed by atoms with Crippen LogP contribution >= 0.6 is 0 Å². The number of likely N-dealkylation sites (tertiary alicyclic amines) is 1. The number of hydrogen-bond donors (Lipinski definition) is 2. The van der Waals surface area contributed by atoms with Gasteiger partial charge in [0.25, 0.3) is 5.91 Å². The second-order valence-corrected chi connectivity index (χ2v) is 9.28.